The molecule has 1 fully saturated rings. The maximum Gasteiger partial charge on any atom is 0.286 e. The molecule has 0 spiro atoms. The summed E-state index contributed by atoms with van der Waals surface area (Å²) in [6.45, 7) is 0.614. The topological polar surface area (TPSA) is 106 Å². The largest absolute Gasteiger partial charge is 0.451 e. The van der Waals surface area contributed by atoms with Crippen LogP contribution in [0.15, 0.2) is 40.8 Å². The Morgan fingerprint density at radius 2 is 2.04 bits per heavy atom. The molecule has 7 nitrogen and oxygen atoms in total. The smallest absolute Gasteiger partial charge is 0.286 e. The van der Waals surface area contributed by atoms with E-state index in [-0.39, 0.29) is 30.0 Å². The van der Waals surface area contributed by atoms with Gasteiger partial charge in [-0.25, -0.2) is 0 Å². The lowest BCUT2D eigenvalue weighted by Crippen LogP contribution is -2.45. The Hall–Kier alpha value is -3.09. The molecule has 27 heavy (non-hydrogen) atoms. The summed E-state index contributed by atoms with van der Waals surface area (Å²) in [6, 6.07) is 10.2. The predicted molar refractivity (Wildman–Crippen MR) is 100 cm³/mol. The summed E-state index contributed by atoms with van der Waals surface area (Å²) in [5.74, 6) is -0.111. The summed E-state index contributed by atoms with van der Waals surface area (Å²) in [4.78, 5) is 37.7. The number of carbonyl (C=O) groups is 3. The van der Waals surface area contributed by atoms with Crippen molar-refractivity contribution in [2.75, 3.05) is 13.6 Å². The van der Waals surface area contributed by atoms with Crippen LogP contribution in [0, 0.1) is 0 Å². The fourth-order valence-electron chi connectivity index (χ4n) is 3.42. The molecule has 2 aromatic rings. The van der Waals surface area contributed by atoms with Gasteiger partial charge in [-0.2, -0.15) is 0 Å². The molecular formula is C20H23N3O4. The highest BCUT2D eigenvalue weighted by Crippen LogP contribution is 2.26. The molecule has 7 heteroatoms. The van der Waals surface area contributed by atoms with Gasteiger partial charge in [-0.3, -0.25) is 14.4 Å². The second kappa shape index (κ2) is 8.07. The fraction of sp³-hybridized carbons (Fsp3) is 0.350. The monoisotopic (exact) mass is 369 g/mol. The van der Waals surface area contributed by atoms with E-state index in [0.29, 0.717) is 23.4 Å². The van der Waals surface area contributed by atoms with Crippen molar-refractivity contribution in [3.63, 3.8) is 0 Å². The normalized spacial score (nSPS) is 16.8. The van der Waals surface area contributed by atoms with Crippen molar-refractivity contribution in [1.82, 2.24) is 10.2 Å². The van der Waals surface area contributed by atoms with Crippen molar-refractivity contribution in [1.29, 1.82) is 0 Å². The molecule has 3 amide bonds. The number of nitrogens with one attached hydrogen (secondary N) is 1. The zero-order chi connectivity index (χ0) is 19.4. The van der Waals surface area contributed by atoms with Crippen LogP contribution in [-0.2, 0) is 4.79 Å². The molecule has 1 aliphatic rings. The van der Waals surface area contributed by atoms with Gasteiger partial charge in [-0.15, -0.1) is 0 Å². The van der Waals surface area contributed by atoms with Gasteiger partial charge >= 0.3 is 0 Å². The number of furan rings is 1. The number of rotatable bonds is 5. The number of nitrogens with two attached hydrogens (primary N) is 1. The minimum absolute atomic E-state index is 0.124. The third-order valence-electron chi connectivity index (χ3n) is 4.78. The fourth-order valence-corrected chi connectivity index (χ4v) is 3.42. The molecular weight excluding hydrogens is 346 g/mol. The number of nitrogens with zero attached hydrogens (tertiary/aromatic N) is 1. The van der Waals surface area contributed by atoms with E-state index in [1.54, 1.807) is 35.2 Å². The number of likely N-dealkylation sites (tertiary alicyclic amines) is 1. The maximum absolute atomic E-state index is 13.0. The van der Waals surface area contributed by atoms with Crippen LogP contribution in [0.1, 0.15) is 46.6 Å². The third-order valence-corrected chi connectivity index (χ3v) is 4.78. The van der Waals surface area contributed by atoms with Crippen LogP contribution in [0.4, 0.5) is 0 Å². The highest BCUT2D eigenvalue weighted by Gasteiger charge is 2.28. The van der Waals surface area contributed by atoms with E-state index in [4.69, 9.17) is 10.2 Å². The average Bonchev–Trinajstić information content (AvgIpc) is 3.17. The first kappa shape index (κ1) is 18.7. The van der Waals surface area contributed by atoms with Crippen molar-refractivity contribution >= 4 is 17.7 Å². The number of hydrogen-bond acceptors (Lipinski definition) is 4. The standard InChI is InChI=1S/C20H23N3O4/c1-22-19(25)17-9-8-16(27-17)13-5-4-6-14(11-13)20(26)23-10-3-2-7-15(23)12-18(21)24/h4-6,8-9,11,15H,2-3,7,10,12H2,1H3,(H2,21,24)(H,22,25)/t15-/m1/s1. The van der Waals surface area contributed by atoms with E-state index >= 15 is 0 Å². The first-order valence-electron chi connectivity index (χ1n) is 9.01. The number of primary amides is 1. The SMILES string of the molecule is CNC(=O)c1ccc(-c2cccc(C(=O)N3CCCC[C@@H]3CC(N)=O)c2)o1. The molecule has 1 saturated heterocycles. The molecule has 0 radical (unpaired) electrons. The number of benzene rings is 1. The number of carbonyl (C=O) groups excluding carboxylic acids is 3. The van der Waals surface area contributed by atoms with E-state index in [2.05, 4.69) is 5.32 Å². The first-order chi connectivity index (χ1) is 13.0. The molecule has 0 saturated carbocycles. The Morgan fingerprint density at radius 1 is 1.22 bits per heavy atom. The van der Waals surface area contributed by atoms with E-state index in [1.165, 1.54) is 7.05 Å². The molecule has 1 aromatic heterocycles. The van der Waals surface area contributed by atoms with E-state index in [1.807, 2.05) is 6.07 Å². The number of piperidine rings is 1. The van der Waals surface area contributed by atoms with Gasteiger partial charge in [-0.05, 0) is 43.5 Å². The molecule has 2 heterocycles. The Balaban J connectivity index is 1.83. The summed E-state index contributed by atoms with van der Waals surface area (Å²) in [5, 5.41) is 2.51. The van der Waals surface area contributed by atoms with Crippen molar-refractivity contribution in [3.05, 3.63) is 47.7 Å². The minimum atomic E-state index is -0.397. The van der Waals surface area contributed by atoms with Gasteiger partial charge in [0.25, 0.3) is 11.8 Å². The van der Waals surface area contributed by atoms with E-state index < -0.39 is 5.91 Å². The lowest BCUT2D eigenvalue weighted by Gasteiger charge is -2.35. The lowest BCUT2D eigenvalue weighted by atomic mass is 9.97. The summed E-state index contributed by atoms with van der Waals surface area (Å²) in [7, 11) is 1.53. The van der Waals surface area contributed by atoms with Crippen molar-refractivity contribution in [2.45, 2.75) is 31.7 Å². The molecule has 0 aliphatic carbocycles. The van der Waals surface area contributed by atoms with Crippen LogP contribution in [-0.4, -0.2) is 42.3 Å². The van der Waals surface area contributed by atoms with Gasteiger partial charge in [0.15, 0.2) is 5.76 Å². The van der Waals surface area contributed by atoms with Gasteiger partial charge in [0.05, 0.1) is 0 Å². The van der Waals surface area contributed by atoms with Gasteiger partial charge < -0.3 is 20.4 Å². The van der Waals surface area contributed by atoms with Gasteiger partial charge in [0.1, 0.15) is 5.76 Å². The zero-order valence-corrected chi connectivity index (χ0v) is 15.2. The Morgan fingerprint density at radius 3 is 2.78 bits per heavy atom. The summed E-state index contributed by atoms with van der Waals surface area (Å²) in [5.41, 5.74) is 6.56. The lowest BCUT2D eigenvalue weighted by molar-refractivity contribution is -0.119. The molecule has 0 bridgehead atoms. The van der Waals surface area contributed by atoms with E-state index in [0.717, 1.165) is 19.3 Å². The highest BCUT2D eigenvalue weighted by atomic mass is 16.3. The average molecular weight is 369 g/mol. The molecule has 0 unspecified atom stereocenters. The summed E-state index contributed by atoms with van der Waals surface area (Å²) in [6.07, 6.45) is 2.85. The quantitative estimate of drug-likeness (QED) is 0.842. The Labute approximate surface area is 157 Å². The minimum Gasteiger partial charge on any atom is -0.451 e. The second-order valence-electron chi connectivity index (χ2n) is 6.64. The summed E-state index contributed by atoms with van der Waals surface area (Å²) >= 11 is 0. The molecule has 1 aliphatic heterocycles. The molecule has 3 rings (SSSR count). The van der Waals surface area contributed by atoms with Gasteiger partial charge in [0, 0.05) is 37.2 Å². The number of amides is 3. The van der Waals surface area contributed by atoms with Crippen molar-refractivity contribution < 1.29 is 18.8 Å². The highest BCUT2D eigenvalue weighted by molar-refractivity contribution is 5.96. The van der Waals surface area contributed by atoms with Crippen molar-refractivity contribution in [3.8, 4) is 11.3 Å². The van der Waals surface area contributed by atoms with Crippen LogP contribution < -0.4 is 11.1 Å². The van der Waals surface area contributed by atoms with Gasteiger partial charge in [0.2, 0.25) is 5.91 Å². The van der Waals surface area contributed by atoms with Crippen LogP contribution in [0.2, 0.25) is 0 Å². The van der Waals surface area contributed by atoms with Crippen LogP contribution in [0.3, 0.4) is 0 Å². The van der Waals surface area contributed by atoms with E-state index in [9.17, 15) is 14.4 Å². The Bertz CT molecular complexity index is 858. The maximum atomic E-state index is 13.0. The predicted octanol–water partition coefficient (Wildman–Crippen LogP) is 2.18. The molecule has 3 N–H and O–H groups in total. The number of hydrogen-bond donors (Lipinski definition) is 2. The first-order valence-corrected chi connectivity index (χ1v) is 9.01. The molecule has 142 valence electrons. The van der Waals surface area contributed by atoms with Crippen LogP contribution >= 0.6 is 0 Å². The second-order valence-corrected chi connectivity index (χ2v) is 6.64. The molecule has 1 aromatic carbocycles. The van der Waals surface area contributed by atoms with Crippen molar-refractivity contribution in [2.24, 2.45) is 5.73 Å². The molecule has 1 atom stereocenters. The van der Waals surface area contributed by atoms with Crippen LogP contribution in [0.5, 0.6) is 0 Å². The summed E-state index contributed by atoms with van der Waals surface area (Å²) < 4.78 is 5.58. The van der Waals surface area contributed by atoms with Crippen LogP contribution in [0.25, 0.3) is 11.3 Å². The zero-order valence-electron chi connectivity index (χ0n) is 15.2. The third kappa shape index (κ3) is 4.19. The van der Waals surface area contributed by atoms with Gasteiger partial charge in [-0.1, -0.05) is 12.1 Å². The Kier molecular flexibility index (Phi) is 5.59.